The molecule has 2 aromatic carbocycles. The minimum atomic E-state index is -1.22. The first-order valence-electron chi connectivity index (χ1n) is 9.69. The van der Waals surface area contributed by atoms with Gasteiger partial charge in [0.2, 0.25) is 0 Å². The molecule has 0 bridgehead atoms. The Hall–Kier alpha value is -2.89. The third-order valence-electron chi connectivity index (χ3n) is 6.02. The van der Waals surface area contributed by atoms with Crippen LogP contribution < -0.4 is 23.7 Å². The Morgan fingerprint density at radius 3 is 2.55 bits per heavy atom. The summed E-state index contributed by atoms with van der Waals surface area (Å²) in [4.78, 5) is 0. The fourth-order valence-electron chi connectivity index (χ4n) is 4.48. The molecule has 2 aromatic rings. The van der Waals surface area contributed by atoms with E-state index in [1.165, 1.54) is 0 Å². The summed E-state index contributed by atoms with van der Waals surface area (Å²) in [5.74, 6) is 2.55. The molecule has 5 nitrogen and oxygen atoms in total. The Bertz CT molecular complexity index is 1000. The zero-order chi connectivity index (χ0) is 20.3. The number of methoxy groups -OCH3 is 2. The lowest BCUT2D eigenvalue weighted by atomic mass is 9.80. The van der Waals surface area contributed by atoms with Gasteiger partial charge < -0.3 is 23.7 Å². The Morgan fingerprint density at radius 1 is 1.07 bits per heavy atom. The normalized spacial score (nSPS) is 25.9. The van der Waals surface area contributed by atoms with Crippen LogP contribution in [-0.4, -0.2) is 33.0 Å². The van der Waals surface area contributed by atoms with E-state index in [2.05, 4.69) is 6.58 Å². The van der Waals surface area contributed by atoms with Crippen LogP contribution in [0.5, 0.6) is 28.7 Å². The highest BCUT2D eigenvalue weighted by molar-refractivity contribution is 5.59. The van der Waals surface area contributed by atoms with E-state index in [9.17, 15) is 0 Å². The topological polar surface area (TPSA) is 46.2 Å². The Balaban J connectivity index is 1.57. The first-order chi connectivity index (χ1) is 14.0. The molecule has 0 saturated carbocycles. The van der Waals surface area contributed by atoms with Crippen LogP contribution in [-0.2, 0) is 6.42 Å². The summed E-state index contributed by atoms with van der Waals surface area (Å²) in [5.41, 5.74) is 3.14. The maximum absolute atomic E-state index is 15.9. The number of ether oxygens (including phenoxy) is 5. The van der Waals surface area contributed by atoms with Gasteiger partial charge in [-0.2, -0.15) is 0 Å². The van der Waals surface area contributed by atoms with Gasteiger partial charge in [-0.25, -0.2) is 4.39 Å². The highest BCUT2D eigenvalue weighted by Gasteiger charge is 2.46. The summed E-state index contributed by atoms with van der Waals surface area (Å²) in [5, 5.41) is 0. The molecule has 4 atom stereocenters. The summed E-state index contributed by atoms with van der Waals surface area (Å²) in [6.45, 7) is 6.19. The van der Waals surface area contributed by atoms with Crippen molar-refractivity contribution < 1.29 is 28.1 Å². The number of hydrogen-bond acceptors (Lipinski definition) is 5. The van der Waals surface area contributed by atoms with Crippen LogP contribution in [0.2, 0.25) is 0 Å². The minimum absolute atomic E-state index is 0.101. The van der Waals surface area contributed by atoms with Crippen molar-refractivity contribution >= 4 is 0 Å². The predicted octanol–water partition coefficient (Wildman–Crippen LogP) is 4.53. The first kappa shape index (κ1) is 18.2. The molecule has 0 fully saturated rings. The van der Waals surface area contributed by atoms with Crippen molar-refractivity contribution in [3.8, 4) is 28.7 Å². The Morgan fingerprint density at radius 2 is 1.83 bits per heavy atom. The van der Waals surface area contributed by atoms with E-state index < -0.39 is 18.2 Å². The van der Waals surface area contributed by atoms with Crippen LogP contribution in [0, 0.1) is 0 Å². The Kier molecular flexibility index (Phi) is 4.12. The molecule has 6 heteroatoms. The smallest absolute Gasteiger partial charge is 0.164 e. The molecule has 5 rings (SSSR count). The Labute approximate surface area is 169 Å². The molecule has 0 amide bonds. The van der Waals surface area contributed by atoms with Crippen molar-refractivity contribution in [3.63, 3.8) is 0 Å². The zero-order valence-electron chi connectivity index (χ0n) is 16.7. The van der Waals surface area contributed by atoms with Gasteiger partial charge in [0.15, 0.2) is 11.5 Å². The van der Waals surface area contributed by atoms with Gasteiger partial charge >= 0.3 is 0 Å². The largest absolute Gasteiger partial charge is 0.493 e. The fraction of sp³-hybridized carbons (Fsp3) is 0.391. The average molecular weight is 398 g/mol. The molecule has 3 heterocycles. The molecule has 3 aliphatic rings. The summed E-state index contributed by atoms with van der Waals surface area (Å²) in [6, 6.07) is 7.15. The highest BCUT2D eigenvalue weighted by atomic mass is 19.1. The number of hydrogen-bond donors (Lipinski definition) is 0. The van der Waals surface area contributed by atoms with E-state index in [1.807, 2.05) is 13.0 Å². The lowest BCUT2D eigenvalue weighted by molar-refractivity contribution is 0.0329. The molecule has 0 spiro atoms. The maximum atomic E-state index is 15.9. The van der Waals surface area contributed by atoms with Crippen molar-refractivity contribution in [1.82, 2.24) is 0 Å². The fourth-order valence-corrected chi connectivity index (χ4v) is 4.48. The van der Waals surface area contributed by atoms with Gasteiger partial charge in [-0.15, -0.1) is 0 Å². The van der Waals surface area contributed by atoms with Crippen LogP contribution in [0.1, 0.15) is 35.7 Å². The number of fused-ring (bicyclic) bond motifs is 6. The molecule has 0 radical (unpaired) electrons. The van der Waals surface area contributed by atoms with Gasteiger partial charge in [0.05, 0.1) is 20.1 Å². The molecule has 3 aliphatic heterocycles. The predicted molar refractivity (Wildman–Crippen MR) is 105 cm³/mol. The molecule has 0 aliphatic carbocycles. The van der Waals surface area contributed by atoms with Crippen molar-refractivity contribution in [1.29, 1.82) is 0 Å². The monoisotopic (exact) mass is 398 g/mol. The maximum Gasteiger partial charge on any atom is 0.164 e. The first-order valence-corrected chi connectivity index (χ1v) is 9.69. The van der Waals surface area contributed by atoms with Crippen molar-refractivity contribution in [3.05, 3.63) is 53.1 Å². The number of benzene rings is 2. The van der Waals surface area contributed by atoms with E-state index in [0.717, 1.165) is 22.4 Å². The van der Waals surface area contributed by atoms with Crippen molar-refractivity contribution in [2.75, 3.05) is 20.8 Å². The third kappa shape index (κ3) is 2.65. The molecule has 29 heavy (non-hydrogen) atoms. The minimum Gasteiger partial charge on any atom is -0.493 e. The summed E-state index contributed by atoms with van der Waals surface area (Å²) in [6.07, 6.45) is -1.12. The molecule has 2 unspecified atom stereocenters. The summed E-state index contributed by atoms with van der Waals surface area (Å²) >= 11 is 0. The third-order valence-corrected chi connectivity index (χ3v) is 6.02. The van der Waals surface area contributed by atoms with Crippen LogP contribution in [0.25, 0.3) is 0 Å². The lowest BCUT2D eigenvalue weighted by Crippen LogP contribution is -2.41. The van der Waals surface area contributed by atoms with E-state index in [0.29, 0.717) is 35.0 Å². The summed E-state index contributed by atoms with van der Waals surface area (Å²) < 4.78 is 44.8. The lowest BCUT2D eigenvalue weighted by Gasteiger charge is -2.40. The van der Waals surface area contributed by atoms with Gasteiger partial charge in [0.1, 0.15) is 42.2 Å². The number of alkyl halides is 1. The van der Waals surface area contributed by atoms with Crippen molar-refractivity contribution in [2.45, 2.75) is 37.6 Å². The standard InChI is InChI=1S/C23H23FO5/c1-11(2)16-8-14-15(28-16)6-5-12-22(24)21-13-7-18(25-3)19(26-4)9-17(13)27-10-20(21)29-23(12)14/h5-7,9,16,20-22H,1,8,10H2,2-4H3/t16-,20?,21?,22+/m1/s1. The molecule has 0 N–H and O–H groups in total. The second kappa shape index (κ2) is 6.58. The second-order valence-electron chi connectivity index (χ2n) is 7.76. The molecule has 0 saturated heterocycles. The number of rotatable bonds is 3. The van der Waals surface area contributed by atoms with E-state index in [4.69, 9.17) is 23.7 Å². The molecular formula is C23H23FO5. The van der Waals surface area contributed by atoms with Crippen molar-refractivity contribution in [2.24, 2.45) is 0 Å². The van der Waals surface area contributed by atoms with Gasteiger partial charge in [-0.1, -0.05) is 6.58 Å². The number of halogens is 1. The van der Waals surface area contributed by atoms with E-state index in [1.54, 1.807) is 32.4 Å². The summed E-state index contributed by atoms with van der Waals surface area (Å²) in [7, 11) is 3.13. The highest BCUT2D eigenvalue weighted by Crippen LogP contribution is 2.55. The molecular weight excluding hydrogens is 375 g/mol. The zero-order valence-corrected chi connectivity index (χ0v) is 16.7. The van der Waals surface area contributed by atoms with Gasteiger partial charge in [0, 0.05) is 29.2 Å². The van der Waals surface area contributed by atoms with Crippen LogP contribution in [0.15, 0.2) is 36.4 Å². The average Bonchev–Trinajstić information content (AvgIpc) is 3.17. The van der Waals surface area contributed by atoms with Crippen LogP contribution in [0.4, 0.5) is 4.39 Å². The van der Waals surface area contributed by atoms with Crippen LogP contribution >= 0.6 is 0 Å². The SMILES string of the molecule is C=C(C)[C@H]1Cc2c(ccc3c2OC2COc4cc(OC)c(OC)cc4C2[C@H]3F)O1. The van der Waals surface area contributed by atoms with Gasteiger partial charge in [-0.3, -0.25) is 0 Å². The second-order valence-corrected chi connectivity index (χ2v) is 7.76. The van der Waals surface area contributed by atoms with Crippen LogP contribution in [0.3, 0.4) is 0 Å². The van der Waals surface area contributed by atoms with Gasteiger partial charge in [0.25, 0.3) is 0 Å². The quantitative estimate of drug-likeness (QED) is 0.711. The van der Waals surface area contributed by atoms with E-state index in [-0.39, 0.29) is 12.7 Å². The van der Waals surface area contributed by atoms with E-state index >= 15 is 4.39 Å². The van der Waals surface area contributed by atoms with Gasteiger partial charge in [-0.05, 0) is 30.7 Å². The molecule has 152 valence electrons. The molecule has 0 aromatic heterocycles.